The van der Waals surface area contributed by atoms with Gasteiger partial charge in [-0.05, 0) is 36.0 Å². The molecule has 3 rings (SSSR count). The van der Waals surface area contributed by atoms with E-state index in [-0.39, 0.29) is 0 Å². The van der Waals surface area contributed by atoms with Crippen molar-refractivity contribution >= 4 is 5.82 Å². The molecule has 0 fully saturated rings. The normalized spacial score (nSPS) is 19.1. The van der Waals surface area contributed by atoms with Crippen LogP contribution in [0, 0.1) is 17.3 Å². The molecular weight excluding hydrogens is 258 g/mol. The molecule has 0 radical (unpaired) electrons. The second-order valence-corrected chi connectivity index (χ2v) is 6.43. The molecule has 3 nitrogen and oxygen atoms in total. The summed E-state index contributed by atoms with van der Waals surface area (Å²) in [5.41, 5.74) is 3.68. The first kappa shape index (κ1) is 13.8. The van der Waals surface area contributed by atoms with Gasteiger partial charge in [0.25, 0.3) is 0 Å². The van der Waals surface area contributed by atoms with Crippen LogP contribution in [0.15, 0.2) is 41.6 Å². The topological polar surface area (TPSA) is 28.2 Å². The van der Waals surface area contributed by atoms with Crippen molar-refractivity contribution in [1.29, 1.82) is 0 Å². The van der Waals surface area contributed by atoms with E-state index in [4.69, 9.17) is 0 Å². The maximum absolute atomic E-state index is 4.43. The highest BCUT2D eigenvalue weighted by molar-refractivity contribution is 5.47. The molecule has 108 valence electrons. The van der Waals surface area contributed by atoms with Gasteiger partial charge in [0.1, 0.15) is 11.5 Å². The van der Waals surface area contributed by atoms with Crippen LogP contribution in [0.5, 0.6) is 0 Å². The third-order valence-corrected chi connectivity index (χ3v) is 3.89. The minimum absolute atomic E-state index is 0.364. The Labute approximate surface area is 126 Å². The zero-order valence-corrected chi connectivity index (χ0v) is 12.9. The van der Waals surface area contributed by atoms with Gasteiger partial charge in [-0.3, -0.25) is 0 Å². The quantitative estimate of drug-likeness (QED) is 0.801. The summed E-state index contributed by atoms with van der Waals surface area (Å²) in [6.45, 7) is 6.66. The van der Waals surface area contributed by atoms with Crippen LogP contribution in [-0.2, 0) is 0 Å². The van der Waals surface area contributed by atoms with E-state index < -0.39 is 0 Å². The molecule has 1 aromatic heterocycles. The monoisotopic (exact) mass is 279 g/mol. The van der Waals surface area contributed by atoms with E-state index in [9.17, 15) is 0 Å². The lowest BCUT2D eigenvalue weighted by molar-refractivity contribution is 0.222. The Hall–Kier alpha value is -2.21. The predicted molar refractivity (Wildman–Crippen MR) is 86.8 cm³/mol. The lowest BCUT2D eigenvalue weighted by Gasteiger charge is -2.35. The van der Waals surface area contributed by atoms with Crippen LogP contribution in [0.25, 0.3) is 0 Å². The molecule has 2 aliphatic heterocycles. The Balaban J connectivity index is 1.75. The second-order valence-electron chi connectivity index (χ2n) is 6.43. The Kier molecular flexibility index (Phi) is 3.47. The summed E-state index contributed by atoms with van der Waals surface area (Å²) in [5.74, 6) is 7.29. The van der Waals surface area contributed by atoms with Gasteiger partial charge in [0.15, 0.2) is 0 Å². The fraction of sp³-hybridized carbons (Fsp3) is 0.389. The van der Waals surface area contributed by atoms with Crippen molar-refractivity contribution < 1.29 is 0 Å². The first-order valence-electron chi connectivity index (χ1n) is 7.38. The summed E-state index contributed by atoms with van der Waals surface area (Å²) in [5, 5.41) is 3.03. The number of fused-ring (bicyclic) bond motifs is 1. The molecule has 3 heteroatoms. The van der Waals surface area contributed by atoms with Crippen LogP contribution in [-0.4, -0.2) is 30.0 Å². The Morgan fingerprint density at radius 2 is 2.14 bits per heavy atom. The summed E-state index contributed by atoms with van der Waals surface area (Å²) < 4.78 is 0. The molecule has 0 unspecified atom stereocenters. The van der Waals surface area contributed by atoms with Crippen LogP contribution < -0.4 is 5.32 Å². The van der Waals surface area contributed by atoms with Gasteiger partial charge in [-0.25, -0.2) is 4.98 Å². The lowest BCUT2D eigenvalue weighted by atomic mass is 9.86. The Bertz CT molecular complexity index is 671. The van der Waals surface area contributed by atoms with E-state index in [2.05, 4.69) is 53.0 Å². The van der Waals surface area contributed by atoms with Crippen LogP contribution in [0.4, 0.5) is 5.82 Å². The van der Waals surface area contributed by atoms with Gasteiger partial charge >= 0.3 is 0 Å². The summed E-state index contributed by atoms with van der Waals surface area (Å²) in [4.78, 5) is 6.85. The molecule has 1 aromatic rings. The number of hydrogen-bond donors (Lipinski definition) is 1. The van der Waals surface area contributed by atoms with E-state index >= 15 is 0 Å². The standard InChI is InChI=1S/C18H21N3/c1-18(2)10-9-16-11-14(12-21(16)13-18)7-8-15-5-4-6-17(19-3)20-15/h4-6,9,11H,10,12-13H2,1-3H3,(H,19,20). The largest absolute Gasteiger partial charge is 0.373 e. The number of rotatable bonds is 1. The zero-order valence-electron chi connectivity index (χ0n) is 12.9. The van der Waals surface area contributed by atoms with Gasteiger partial charge in [0, 0.05) is 24.9 Å². The van der Waals surface area contributed by atoms with Gasteiger partial charge in [0.2, 0.25) is 0 Å². The van der Waals surface area contributed by atoms with Crippen molar-refractivity contribution in [2.24, 2.45) is 5.41 Å². The smallest absolute Gasteiger partial charge is 0.127 e. The average molecular weight is 279 g/mol. The van der Waals surface area contributed by atoms with Gasteiger partial charge in [0.05, 0.1) is 6.54 Å². The van der Waals surface area contributed by atoms with Crippen LogP contribution in [0.1, 0.15) is 26.0 Å². The van der Waals surface area contributed by atoms with E-state index in [1.54, 1.807) is 0 Å². The second kappa shape index (κ2) is 5.29. The SMILES string of the molecule is CNc1cccc(C#CC2=CC3=CCC(C)(C)CN3C2)n1. The van der Waals surface area contributed by atoms with Crippen LogP contribution >= 0.6 is 0 Å². The first-order valence-corrected chi connectivity index (χ1v) is 7.38. The average Bonchev–Trinajstić information content (AvgIpc) is 2.86. The maximum atomic E-state index is 4.43. The Morgan fingerprint density at radius 1 is 1.29 bits per heavy atom. The van der Waals surface area contributed by atoms with Gasteiger partial charge in [-0.15, -0.1) is 0 Å². The fourth-order valence-electron chi connectivity index (χ4n) is 2.77. The molecule has 3 heterocycles. The molecule has 0 atom stereocenters. The third kappa shape index (κ3) is 3.11. The minimum Gasteiger partial charge on any atom is -0.373 e. The molecule has 1 N–H and O–H groups in total. The highest BCUT2D eigenvalue weighted by atomic mass is 15.2. The molecule has 0 bridgehead atoms. The first-order chi connectivity index (χ1) is 10.1. The van der Waals surface area contributed by atoms with Crippen molar-refractivity contribution in [3.63, 3.8) is 0 Å². The van der Waals surface area contributed by atoms with E-state index in [0.29, 0.717) is 5.41 Å². The lowest BCUT2D eigenvalue weighted by Crippen LogP contribution is -2.35. The third-order valence-electron chi connectivity index (χ3n) is 3.89. The van der Waals surface area contributed by atoms with Crippen LogP contribution in [0.2, 0.25) is 0 Å². The van der Waals surface area contributed by atoms with E-state index in [0.717, 1.165) is 31.0 Å². The number of aromatic nitrogens is 1. The number of nitrogens with one attached hydrogen (secondary N) is 1. The molecule has 21 heavy (non-hydrogen) atoms. The highest BCUT2D eigenvalue weighted by Crippen LogP contribution is 2.33. The zero-order chi connectivity index (χ0) is 14.9. The Morgan fingerprint density at radius 3 is 2.95 bits per heavy atom. The van der Waals surface area contributed by atoms with Gasteiger partial charge in [-0.2, -0.15) is 0 Å². The van der Waals surface area contributed by atoms with Gasteiger partial charge in [-0.1, -0.05) is 31.9 Å². The molecule has 0 saturated heterocycles. The van der Waals surface area contributed by atoms with Crippen molar-refractivity contribution in [3.05, 3.63) is 47.3 Å². The number of allylic oxidation sites excluding steroid dienone is 2. The van der Waals surface area contributed by atoms with Crippen molar-refractivity contribution in [3.8, 4) is 11.8 Å². The molecular formula is C18H21N3. The summed E-state index contributed by atoms with van der Waals surface area (Å²) in [7, 11) is 1.87. The van der Waals surface area contributed by atoms with Crippen molar-refractivity contribution in [2.75, 3.05) is 25.5 Å². The van der Waals surface area contributed by atoms with Crippen molar-refractivity contribution in [2.45, 2.75) is 20.3 Å². The highest BCUT2D eigenvalue weighted by Gasteiger charge is 2.29. The number of nitrogens with zero attached hydrogens (tertiary/aromatic N) is 2. The molecule has 0 spiro atoms. The van der Waals surface area contributed by atoms with E-state index in [1.165, 1.54) is 11.3 Å². The molecule has 2 aliphatic rings. The summed E-state index contributed by atoms with van der Waals surface area (Å²) >= 11 is 0. The molecule has 0 aromatic carbocycles. The summed E-state index contributed by atoms with van der Waals surface area (Å²) in [6, 6.07) is 5.85. The maximum Gasteiger partial charge on any atom is 0.127 e. The number of anilines is 1. The summed E-state index contributed by atoms with van der Waals surface area (Å²) in [6.07, 6.45) is 5.68. The molecule has 0 saturated carbocycles. The predicted octanol–water partition coefficient (Wildman–Crippen LogP) is 3.03. The molecule has 0 amide bonds. The van der Waals surface area contributed by atoms with Gasteiger partial charge < -0.3 is 10.2 Å². The number of pyridine rings is 1. The van der Waals surface area contributed by atoms with Crippen molar-refractivity contribution in [1.82, 2.24) is 9.88 Å². The minimum atomic E-state index is 0.364. The van der Waals surface area contributed by atoms with Crippen LogP contribution in [0.3, 0.4) is 0 Å². The number of hydrogen-bond acceptors (Lipinski definition) is 3. The molecule has 0 aliphatic carbocycles. The fourth-order valence-corrected chi connectivity index (χ4v) is 2.77. The van der Waals surface area contributed by atoms with E-state index in [1.807, 2.05) is 25.2 Å².